The Morgan fingerprint density at radius 1 is 1.21 bits per heavy atom. The van der Waals surface area contributed by atoms with Gasteiger partial charge in [0.05, 0.1) is 31.1 Å². The summed E-state index contributed by atoms with van der Waals surface area (Å²) in [5.74, 6) is 0.0751. The summed E-state index contributed by atoms with van der Waals surface area (Å²) in [6.07, 6.45) is 1.02. The van der Waals surface area contributed by atoms with E-state index in [2.05, 4.69) is 13.8 Å². The van der Waals surface area contributed by atoms with E-state index in [9.17, 15) is 13.2 Å². The summed E-state index contributed by atoms with van der Waals surface area (Å²) in [6.45, 7) is 8.03. The summed E-state index contributed by atoms with van der Waals surface area (Å²) in [5, 5.41) is 0. The van der Waals surface area contributed by atoms with Gasteiger partial charge in [0, 0.05) is 0 Å². The average molecular weight is 354 g/mol. The van der Waals surface area contributed by atoms with Gasteiger partial charge in [-0.2, -0.15) is 4.31 Å². The number of rotatable bonds is 6. The first-order chi connectivity index (χ1) is 11.3. The molecular weight excluding hydrogens is 326 g/mol. The molecule has 1 heterocycles. The molecule has 2 atom stereocenters. The molecule has 7 heteroatoms. The van der Waals surface area contributed by atoms with E-state index in [1.165, 1.54) is 4.31 Å². The molecule has 0 aromatic heterocycles. The van der Waals surface area contributed by atoms with Crippen LogP contribution in [0.15, 0.2) is 29.2 Å². The van der Waals surface area contributed by atoms with Crippen molar-refractivity contribution in [2.24, 2.45) is 5.73 Å². The van der Waals surface area contributed by atoms with Crippen LogP contribution in [0.25, 0.3) is 0 Å². The number of quaternary nitrogens is 1. The zero-order valence-electron chi connectivity index (χ0n) is 14.7. The summed E-state index contributed by atoms with van der Waals surface area (Å²) < 4.78 is 27.0. The quantitative estimate of drug-likeness (QED) is 0.752. The van der Waals surface area contributed by atoms with Gasteiger partial charge in [-0.25, -0.2) is 8.42 Å². The number of carbonyl (C=O) groups is 1. The zero-order valence-corrected chi connectivity index (χ0v) is 15.5. The predicted molar refractivity (Wildman–Crippen MR) is 93.3 cm³/mol. The van der Waals surface area contributed by atoms with Crippen LogP contribution in [-0.2, 0) is 14.8 Å². The molecule has 1 amide bonds. The summed E-state index contributed by atoms with van der Waals surface area (Å²) in [7, 11) is -3.48. The van der Waals surface area contributed by atoms with Gasteiger partial charge in [-0.1, -0.05) is 26.0 Å². The van der Waals surface area contributed by atoms with Gasteiger partial charge in [0.2, 0.25) is 10.0 Å². The first kappa shape index (κ1) is 18.9. The Kier molecular flexibility index (Phi) is 6.01. The number of nitrogens with two attached hydrogens (primary N) is 1. The van der Waals surface area contributed by atoms with E-state index in [0.717, 1.165) is 16.9 Å². The lowest BCUT2D eigenvalue weighted by Crippen LogP contribution is -3.19. The minimum atomic E-state index is -3.48. The van der Waals surface area contributed by atoms with Crippen molar-refractivity contribution in [3.05, 3.63) is 29.8 Å². The molecule has 0 spiro atoms. The third-order valence-corrected chi connectivity index (χ3v) is 7.02. The van der Waals surface area contributed by atoms with Crippen LogP contribution in [0, 0.1) is 0 Å². The highest BCUT2D eigenvalue weighted by molar-refractivity contribution is 7.89. The number of carbonyl (C=O) groups excluding carboxylic acids is 1. The number of benzene rings is 1. The van der Waals surface area contributed by atoms with Gasteiger partial charge in [0.15, 0.2) is 6.04 Å². The lowest BCUT2D eigenvalue weighted by molar-refractivity contribution is -0.917. The summed E-state index contributed by atoms with van der Waals surface area (Å²) in [6, 6.07) is 6.91. The van der Waals surface area contributed by atoms with Gasteiger partial charge >= 0.3 is 0 Å². The monoisotopic (exact) mass is 354 g/mol. The van der Waals surface area contributed by atoms with Gasteiger partial charge in [0.25, 0.3) is 5.91 Å². The Bertz CT molecular complexity index is 665. The van der Waals surface area contributed by atoms with Crippen molar-refractivity contribution in [2.45, 2.75) is 44.0 Å². The van der Waals surface area contributed by atoms with Crippen molar-refractivity contribution in [2.75, 3.05) is 26.2 Å². The smallest absolute Gasteiger partial charge is 0.275 e. The third-order valence-electron chi connectivity index (χ3n) is 5.10. The predicted octanol–water partition coefficient (Wildman–Crippen LogP) is -0.0369. The molecule has 0 saturated carbocycles. The number of amides is 1. The number of hydrogen-bond acceptors (Lipinski definition) is 3. The topological polar surface area (TPSA) is 84.9 Å². The lowest BCUT2D eigenvalue weighted by atomic mass is 9.99. The van der Waals surface area contributed by atoms with Gasteiger partial charge in [0.1, 0.15) is 0 Å². The first-order valence-electron chi connectivity index (χ1n) is 8.51. The van der Waals surface area contributed by atoms with Crippen LogP contribution in [0.1, 0.15) is 38.7 Å². The lowest BCUT2D eigenvalue weighted by Gasteiger charge is -2.33. The number of nitrogens with one attached hydrogen (secondary N) is 1. The van der Waals surface area contributed by atoms with E-state index in [1.54, 1.807) is 19.1 Å². The molecule has 3 N–H and O–H groups in total. The van der Waals surface area contributed by atoms with E-state index in [1.807, 2.05) is 12.1 Å². The standard InChI is InChI=1S/C17H27N3O3S/c1-4-13(2)15-5-7-16(8-6-15)24(22,23)20-11-9-19(10-12-20)14(3)17(18)21/h5-8,13-14H,4,9-12H2,1-3H3,(H2,18,21)/p+1/t13-,14+/m1/s1. The molecule has 0 radical (unpaired) electrons. The summed E-state index contributed by atoms with van der Waals surface area (Å²) >= 11 is 0. The van der Waals surface area contributed by atoms with Gasteiger partial charge in [-0.15, -0.1) is 0 Å². The zero-order chi connectivity index (χ0) is 17.9. The van der Waals surface area contributed by atoms with Crippen molar-refractivity contribution >= 4 is 15.9 Å². The molecule has 134 valence electrons. The number of piperazine rings is 1. The maximum atomic E-state index is 12.8. The summed E-state index contributed by atoms with van der Waals surface area (Å²) in [4.78, 5) is 12.7. The van der Waals surface area contributed by atoms with Crippen LogP contribution in [0.2, 0.25) is 0 Å². The Balaban J connectivity index is 2.08. The highest BCUT2D eigenvalue weighted by Gasteiger charge is 2.33. The van der Waals surface area contributed by atoms with Crippen molar-refractivity contribution in [3.8, 4) is 0 Å². The molecule has 1 fully saturated rings. The largest absolute Gasteiger partial charge is 0.365 e. The van der Waals surface area contributed by atoms with Crippen LogP contribution in [-0.4, -0.2) is 50.9 Å². The van der Waals surface area contributed by atoms with Crippen LogP contribution < -0.4 is 10.6 Å². The number of nitrogens with zero attached hydrogens (tertiary/aromatic N) is 1. The molecule has 0 unspecified atom stereocenters. The second-order valence-corrected chi connectivity index (χ2v) is 8.50. The second kappa shape index (κ2) is 7.63. The van der Waals surface area contributed by atoms with E-state index >= 15 is 0 Å². The van der Waals surface area contributed by atoms with Crippen LogP contribution in [0.5, 0.6) is 0 Å². The molecule has 1 aromatic rings. The molecule has 1 aromatic carbocycles. The van der Waals surface area contributed by atoms with Gasteiger partial charge < -0.3 is 10.6 Å². The van der Waals surface area contributed by atoms with Crippen LogP contribution in [0.3, 0.4) is 0 Å². The van der Waals surface area contributed by atoms with E-state index in [4.69, 9.17) is 5.73 Å². The molecule has 1 aliphatic rings. The van der Waals surface area contributed by atoms with Crippen LogP contribution >= 0.6 is 0 Å². The second-order valence-electron chi connectivity index (χ2n) is 6.56. The van der Waals surface area contributed by atoms with E-state index in [0.29, 0.717) is 37.0 Å². The SMILES string of the molecule is CC[C@@H](C)c1ccc(S(=O)(=O)N2CC[NH+]([C@@H](C)C(N)=O)CC2)cc1. The number of hydrogen-bond donors (Lipinski definition) is 2. The number of primary amides is 1. The summed E-state index contributed by atoms with van der Waals surface area (Å²) in [5.41, 5.74) is 6.49. The molecule has 24 heavy (non-hydrogen) atoms. The molecular formula is C17H28N3O3S+. The maximum Gasteiger partial charge on any atom is 0.275 e. The van der Waals surface area contributed by atoms with Crippen molar-refractivity contribution < 1.29 is 18.1 Å². The first-order valence-corrected chi connectivity index (χ1v) is 9.95. The van der Waals surface area contributed by atoms with Crippen molar-refractivity contribution in [3.63, 3.8) is 0 Å². The van der Waals surface area contributed by atoms with Crippen molar-refractivity contribution in [1.82, 2.24) is 4.31 Å². The highest BCUT2D eigenvalue weighted by atomic mass is 32.2. The number of sulfonamides is 1. The van der Waals surface area contributed by atoms with Gasteiger partial charge in [-0.3, -0.25) is 4.79 Å². The minimum Gasteiger partial charge on any atom is -0.365 e. The third kappa shape index (κ3) is 3.96. The Hall–Kier alpha value is -1.44. The fourth-order valence-corrected chi connectivity index (χ4v) is 4.44. The van der Waals surface area contributed by atoms with Crippen molar-refractivity contribution in [1.29, 1.82) is 0 Å². The Morgan fingerprint density at radius 3 is 2.21 bits per heavy atom. The molecule has 0 aliphatic carbocycles. The Labute approximate surface area is 144 Å². The van der Waals surface area contributed by atoms with Gasteiger partial charge in [-0.05, 0) is 37.0 Å². The Morgan fingerprint density at radius 2 is 1.75 bits per heavy atom. The van der Waals surface area contributed by atoms with Crippen LogP contribution in [0.4, 0.5) is 0 Å². The maximum absolute atomic E-state index is 12.8. The fourth-order valence-electron chi connectivity index (χ4n) is 3.00. The molecule has 6 nitrogen and oxygen atoms in total. The normalized spacial score (nSPS) is 19.8. The average Bonchev–Trinajstić information content (AvgIpc) is 2.60. The molecule has 1 aliphatic heterocycles. The minimum absolute atomic E-state index is 0.287. The molecule has 0 bridgehead atoms. The fraction of sp³-hybridized carbons (Fsp3) is 0.588. The van der Waals surface area contributed by atoms with E-state index in [-0.39, 0.29) is 11.9 Å². The molecule has 2 rings (SSSR count). The molecule has 1 saturated heterocycles. The van der Waals surface area contributed by atoms with E-state index < -0.39 is 10.0 Å². The highest BCUT2D eigenvalue weighted by Crippen LogP contribution is 2.22.